The summed E-state index contributed by atoms with van der Waals surface area (Å²) in [5, 5.41) is 1.54. The minimum absolute atomic E-state index is 0.0473. The number of hydrogen-bond acceptors (Lipinski definition) is 5. The summed E-state index contributed by atoms with van der Waals surface area (Å²) in [7, 11) is 1.65. The van der Waals surface area contributed by atoms with Gasteiger partial charge in [-0.1, -0.05) is 42.1 Å². The van der Waals surface area contributed by atoms with Gasteiger partial charge in [-0.2, -0.15) is 0 Å². The van der Waals surface area contributed by atoms with Gasteiger partial charge < -0.3 is 4.74 Å². The van der Waals surface area contributed by atoms with Gasteiger partial charge in [0, 0.05) is 17.7 Å². The highest BCUT2D eigenvalue weighted by Crippen LogP contribution is 2.28. The molecular formula is C19H22N2O2S2. The lowest BCUT2D eigenvalue weighted by molar-refractivity contribution is 0.183. The lowest BCUT2D eigenvalue weighted by Crippen LogP contribution is -2.25. The number of aryl methyl sites for hydroxylation is 3. The lowest BCUT2D eigenvalue weighted by atomic mass is 10.2. The first kappa shape index (κ1) is 18.2. The molecule has 0 radical (unpaired) electrons. The molecule has 2 aromatic heterocycles. The predicted molar refractivity (Wildman–Crippen MR) is 106 cm³/mol. The largest absolute Gasteiger partial charge is 0.383 e. The van der Waals surface area contributed by atoms with Crippen LogP contribution >= 0.6 is 23.1 Å². The Labute approximate surface area is 155 Å². The van der Waals surface area contributed by atoms with Crippen molar-refractivity contribution in [3.05, 3.63) is 56.7 Å². The van der Waals surface area contributed by atoms with E-state index >= 15 is 0 Å². The van der Waals surface area contributed by atoms with Gasteiger partial charge in [-0.3, -0.25) is 9.36 Å². The van der Waals surface area contributed by atoms with E-state index < -0.39 is 0 Å². The Bertz CT molecular complexity index is 917. The summed E-state index contributed by atoms with van der Waals surface area (Å²) in [6, 6.07) is 10.4. The molecule has 25 heavy (non-hydrogen) atoms. The topological polar surface area (TPSA) is 44.1 Å². The summed E-state index contributed by atoms with van der Waals surface area (Å²) in [5.41, 5.74) is 2.39. The van der Waals surface area contributed by atoms with Crippen LogP contribution in [0.1, 0.15) is 16.0 Å². The van der Waals surface area contributed by atoms with Crippen LogP contribution < -0.4 is 5.56 Å². The Kier molecular flexibility index (Phi) is 5.93. The fourth-order valence-corrected chi connectivity index (χ4v) is 4.79. The van der Waals surface area contributed by atoms with Crippen molar-refractivity contribution in [1.82, 2.24) is 9.55 Å². The van der Waals surface area contributed by atoms with E-state index in [2.05, 4.69) is 24.3 Å². The van der Waals surface area contributed by atoms with E-state index in [1.807, 2.05) is 19.9 Å². The van der Waals surface area contributed by atoms with Gasteiger partial charge in [0.2, 0.25) is 0 Å². The molecule has 0 saturated carbocycles. The highest BCUT2D eigenvalue weighted by atomic mass is 32.2. The van der Waals surface area contributed by atoms with E-state index in [1.165, 1.54) is 5.56 Å². The van der Waals surface area contributed by atoms with Gasteiger partial charge in [-0.25, -0.2) is 4.98 Å². The Morgan fingerprint density at radius 1 is 1.24 bits per heavy atom. The Morgan fingerprint density at radius 3 is 2.72 bits per heavy atom. The second-order valence-electron chi connectivity index (χ2n) is 5.89. The van der Waals surface area contributed by atoms with E-state index in [0.717, 1.165) is 38.0 Å². The number of benzene rings is 1. The lowest BCUT2D eigenvalue weighted by Gasteiger charge is -2.11. The first-order valence-corrected chi connectivity index (χ1v) is 10.1. The number of thioether (sulfide) groups is 1. The molecule has 4 nitrogen and oxygen atoms in total. The van der Waals surface area contributed by atoms with E-state index in [0.29, 0.717) is 13.2 Å². The molecule has 0 bridgehead atoms. The number of hydrogen-bond donors (Lipinski definition) is 0. The van der Waals surface area contributed by atoms with Gasteiger partial charge in [-0.15, -0.1) is 11.3 Å². The highest BCUT2D eigenvalue weighted by Gasteiger charge is 2.16. The van der Waals surface area contributed by atoms with Crippen molar-refractivity contribution < 1.29 is 4.74 Å². The van der Waals surface area contributed by atoms with Gasteiger partial charge in [0.25, 0.3) is 5.56 Å². The Balaban J connectivity index is 1.90. The molecule has 0 fully saturated rings. The summed E-state index contributed by atoms with van der Waals surface area (Å²) in [4.78, 5) is 19.8. The maximum Gasteiger partial charge on any atom is 0.263 e. The molecule has 0 aliphatic carbocycles. The van der Waals surface area contributed by atoms with Crippen LogP contribution in [0, 0.1) is 13.8 Å². The van der Waals surface area contributed by atoms with Crippen molar-refractivity contribution >= 4 is 33.3 Å². The van der Waals surface area contributed by atoms with Crippen LogP contribution in [-0.4, -0.2) is 29.0 Å². The molecule has 0 amide bonds. The number of nitrogens with zero attached hydrogens (tertiary/aromatic N) is 2. The van der Waals surface area contributed by atoms with Crippen LogP contribution in [0.5, 0.6) is 0 Å². The zero-order valence-corrected chi connectivity index (χ0v) is 16.4. The minimum Gasteiger partial charge on any atom is -0.383 e. The second kappa shape index (κ2) is 8.17. The molecule has 6 heteroatoms. The van der Waals surface area contributed by atoms with Crippen molar-refractivity contribution in [3.8, 4) is 0 Å². The van der Waals surface area contributed by atoms with Crippen molar-refractivity contribution in [2.75, 3.05) is 19.5 Å². The van der Waals surface area contributed by atoms with Crippen LogP contribution in [-0.2, 0) is 17.7 Å². The zero-order valence-electron chi connectivity index (χ0n) is 14.7. The average Bonchev–Trinajstić information content (AvgIpc) is 2.90. The molecule has 3 rings (SSSR count). The van der Waals surface area contributed by atoms with Crippen LogP contribution in [0.15, 0.2) is 40.3 Å². The third-order valence-electron chi connectivity index (χ3n) is 4.24. The number of fused-ring (bicyclic) bond motifs is 1. The predicted octanol–water partition coefficient (Wildman–Crippen LogP) is 4.06. The molecule has 2 heterocycles. The van der Waals surface area contributed by atoms with Crippen molar-refractivity contribution in [2.45, 2.75) is 32.0 Å². The molecule has 3 aromatic rings. The van der Waals surface area contributed by atoms with Crippen LogP contribution in [0.2, 0.25) is 0 Å². The molecule has 0 atom stereocenters. The van der Waals surface area contributed by atoms with E-state index in [1.54, 1.807) is 34.8 Å². The summed E-state index contributed by atoms with van der Waals surface area (Å²) in [6.45, 7) is 5.07. The molecule has 0 aliphatic heterocycles. The maximum absolute atomic E-state index is 13.0. The summed E-state index contributed by atoms with van der Waals surface area (Å²) >= 11 is 3.24. The van der Waals surface area contributed by atoms with Crippen LogP contribution in [0.4, 0.5) is 0 Å². The number of aromatic nitrogens is 2. The molecule has 0 aliphatic rings. The van der Waals surface area contributed by atoms with Gasteiger partial charge in [0.15, 0.2) is 5.16 Å². The van der Waals surface area contributed by atoms with E-state index in [4.69, 9.17) is 9.72 Å². The number of rotatable bonds is 7. The van der Waals surface area contributed by atoms with Gasteiger partial charge in [0.05, 0.1) is 18.5 Å². The molecular weight excluding hydrogens is 352 g/mol. The van der Waals surface area contributed by atoms with Gasteiger partial charge in [-0.05, 0) is 31.4 Å². The SMILES string of the molecule is COCCn1c(SCCc2ccccc2)nc2sc(C)c(C)c2c1=O. The number of thiophene rings is 1. The third-order valence-corrected chi connectivity index (χ3v) is 6.32. The quantitative estimate of drug-likeness (QED) is 0.462. The summed E-state index contributed by atoms with van der Waals surface area (Å²) in [5.74, 6) is 0.887. The van der Waals surface area contributed by atoms with Gasteiger partial charge in [0.1, 0.15) is 4.83 Å². The van der Waals surface area contributed by atoms with E-state index in [9.17, 15) is 4.79 Å². The van der Waals surface area contributed by atoms with Gasteiger partial charge >= 0.3 is 0 Å². The average molecular weight is 375 g/mol. The molecule has 0 spiro atoms. The van der Waals surface area contributed by atoms with Crippen LogP contribution in [0.25, 0.3) is 10.2 Å². The fourth-order valence-electron chi connectivity index (χ4n) is 2.70. The Hall–Kier alpha value is -1.63. The third kappa shape index (κ3) is 3.97. The minimum atomic E-state index is 0.0473. The van der Waals surface area contributed by atoms with Crippen LogP contribution in [0.3, 0.4) is 0 Å². The molecule has 0 N–H and O–H groups in total. The number of methoxy groups -OCH3 is 1. The van der Waals surface area contributed by atoms with Crippen molar-refractivity contribution in [2.24, 2.45) is 0 Å². The first-order chi connectivity index (χ1) is 12.1. The zero-order chi connectivity index (χ0) is 17.8. The monoisotopic (exact) mass is 374 g/mol. The fraction of sp³-hybridized carbons (Fsp3) is 0.368. The Morgan fingerprint density at radius 2 is 2.00 bits per heavy atom. The number of ether oxygens (including phenoxy) is 1. The molecule has 132 valence electrons. The van der Waals surface area contributed by atoms with Crippen molar-refractivity contribution in [3.63, 3.8) is 0 Å². The summed E-state index contributed by atoms with van der Waals surface area (Å²) < 4.78 is 6.95. The maximum atomic E-state index is 13.0. The molecule has 0 saturated heterocycles. The highest BCUT2D eigenvalue weighted by molar-refractivity contribution is 7.99. The normalized spacial score (nSPS) is 11.3. The first-order valence-electron chi connectivity index (χ1n) is 8.28. The van der Waals surface area contributed by atoms with Crippen molar-refractivity contribution in [1.29, 1.82) is 0 Å². The molecule has 1 aromatic carbocycles. The van der Waals surface area contributed by atoms with E-state index in [-0.39, 0.29) is 5.56 Å². The molecule has 0 unspecified atom stereocenters. The second-order valence-corrected chi connectivity index (χ2v) is 8.16. The standard InChI is InChI=1S/C19H22N2O2S2/c1-13-14(2)25-17-16(13)18(22)21(10-11-23-3)19(20-17)24-12-9-15-7-5-4-6-8-15/h4-8H,9-12H2,1-3H3. The summed E-state index contributed by atoms with van der Waals surface area (Å²) in [6.07, 6.45) is 0.951. The smallest absolute Gasteiger partial charge is 0.263 e.